The fourth-order valence-corrected chi connectivity index (χ4v) is 2.03. The molecule has 1 amide bonds. The molecule has 21 heavy (non-hydrogen) atoms. The van der Waals surface area contributed by atoms with Gasteiger partial charge in [0.1, 0.15) is 5.82 Å². The average Bonchev–Trinajstić information content (AvgIpc) is 2.83. The molecule has 2 aromatic rings. The number of anilines is 1. The number of halogens is 1. The van der Waals surface area contributed by atoms with Crippen molar-refractivity contribution in [3.05, 3.63) is 47.0 Å². The number of carbonyl (C=O) groups excluding carboxylic acids is 1. The first-order valence-corrected chi connectivity index (χ1v) is 6.85. The van der Waals surface area contributed by atoms with Gasteiger partial charge in [-0.05, 0) is 30.0 Å². The highest BCUT2D eigenvalue weighted by atomic mass is 19.1. The first kappa shape index (κ1) is 15.0. The molecule has 1 aromatic heterocycles. The first-order valence-electron chi connectivity index (χ1n) is 6.85. The summed E-state index contributed by atoms with van der Waals surface area (Å²) in [6.45, 7) is 4.38. The second-order valence-electron chi connectivity index (χ2n) is 5.19. The highest BCUT2D eigenvalue weighted by molar-refractivity contribution is 5.97. The van der Waals surface area contributed by atoms with Gasteiger partial charge in [0, 0.05) is 6.54 Å². The number of nitrogens with two attached hydrogens (primary N) is 1. The lowest BCUT2D eigenvalue weighted by atomic mass is 10.1. The lowest BCUT2D eigenvalue weighted by Gasteiger charge is -2.05. The normalized spacial score (nSPS) is 10.9. The molecular formula is C15H19FN4O. The van der Waals surface area contributed by atoms with E-state index in [1.807, 2.05) is 13.8 Å². The highest BCUT2D eigenvalue weighted by Crippen LogP contribution is 2.21. The summed E-state index contributed by atoms with van der Waals surface area (Å²) in [5, 5.41) is 9.51. The molecule has 0 spiro atoms. The summed E-state index contributed by atoms with van der Waals surface area (Å²) >= 11 is 0. The highest BCUT2D eigenvalue weighted by Gasteiger charge is 2.18. The number of H-pyrrole nitrogens is 1. The summed E-state index contributed by atoms with van der Waals surface area (Å²) in [7, 11) is 0. The van der Waals surface area contributed by atoms with Crippen molar-refractivity contribution in [2.45, 2.75) is 26.2 Å². The minimum atomic E-state index is -0.308. The Morgan fingerprint density at radius 3 is 2.62 bits per heavy atom. The smallest absolute Gasteiger partial charge is 0.273 e. The predicted molar refractivity (Wildman–Crippen MR) is 79.5 cm³/mol. The zero-order valence-electron chi connectivity index (χ0n) is 12.1. The van der Waals surface area contributed by atoms with E-state index in [2.05, 4.69) is 15.5 Å². The number of amides is 1. The molecule has 0 aliphatic heterocycles. The Morgan fingerprint density at radius 1 is 1.38 bits per heavy atom. The van der Waals surface area contributed by atoms with Gasteiger partial charge in [0.2, 0.25) is 0 Å². The van der Waals surface area contributed by atoms with E-state index in [1.165, 1.54) is 12.1 Å². The largest absolute Gasteiger partial charge is 0.395 e. The van der Waals surface area contributed by atoms with Gasteiger partial charge < -0.3 is 11.1 Å². The SMILES string of the molecule is CC(C)c1[nH]nc(C(=O)NCCc2ccc(F)cc2)c1N. The van der Waals surface area contributed by atoms with Gasteiger partial charge in [-0.1, -0.05) is 26.0 Å². The van der Waals surface area contributed by atoms with Gasteiger partial charge in [-0.3, -0.25) is 9.89 Å². The van der Waals surface area contributed by atoms with Crippen LogP contribution in [0.1, 0.15) is 41.5 Å². The van der Waals surface area contributed by atoms with Crippen LogP contribution in [0.3, 0.4) is 0 Å². The maximum absolute atomic E-state index is 12.8. The van der Waals surface area contributed by atoms with Crippen LogP contribution in [0.2, 0.25) is 0 Å². The van der Waals surface area contributed by atoms with E-state index >= 15 is 0 Å². The number of rotatable bonds is 5. The number of hydrogen-bond donors (Lipinski definition) is 3. The summed E-state index contributed by atoms with van der Waals surface area (Å²) in [6.07, 6.45) is 0.618. The standard InChI is InChI=1S/C15H19FN4O/c1-9(2)13-12(17)14(20-19-13)15(21)18-8-7-10-3-5-11(16)6-4-10/h3-6,9H,7-8,17H2,1-2H3,(H,18,21)(H,19,20). The van der Waals surface area contributed by atoms with E-state index in [-0.39, 0.29) is 23.3 Å². The fourth-order valence-electron chi connectivity index (χ4n) is 2.03. The molecule has 1 heterocycles. The third-order valence-corrected chi connectivity index (χ3v) is 3.24. The van der Waals surface area contributed by atoms with Gasteiger partial charge in [0.15, 0.2) is 5.69 Å². The maximum atomic E-state index is 12.8. The summed E-state index contributed by atoms with van der Waals surface area (Å²) in [4.78, 5) is 12.0. The van der Waals surface area contributed by atoms with E-state index in [0.29, 0.717) is 18.7 Å². The summed E-state index contributed by atoms with van der Waals surface area (Å²) in [5.74, 6) is -0.399. The van der Waals surface area contributed by atoms with Gasteiger partial charge in [-0.15, -0.1) is 0 Å². The monoisotopic (exact) mass is 290 g/mol. The number of hydrogen-bond acceptors (Lipinski definition) is 3. The number of nitrogens with zero attached hydrogens (tertiary/aromatic N) is 1. The molecule has 0 radical (unpaired) electrons. The fraction of sp³-hybridized carbons (Fsp3) is 0.333. The molecular weight excluding hydrogens is 271 g/mol. The van der Waals surface area contributed by atoms with Crippen LogP contribution >= 0.6 is 0 Å². The van der Waals surface area contributed by atoms with Gasteiger partial charge >= 0.3 is 0 Å². The molecule has 0 atom stereocenters. The Balaban J connectivity index is 1.91. The zero-order valence-corrected chi connectivity index (χ0v) is 12.1. The lowest BCUT2D eigenvalue weighted by molar-refractivity contribution is 0.0950. The van der Waals surface area contributed by atoms with Crippen molar-refractivity contribution in [3.63, 3.8) is 0 Å². The number of carbonyl (C=O) groups is 1. The second-order valence-corrected chi connectivity index (χ2v) is 5.19. The van der Waals surface area contributed by atoms with Gasteiger partial charge in [-0.2, -0.15) is 5.10 Å². The molecule has 0 saturated heterocycles. The number of benzene rings is 1. The Hall–Kier alpha value is -2.37. The van der Waals surface area contributed by atoms with Gasteiger partial charge in [-0.25, -0.2) is 4.39 Å². The molecule has 112 valence electrons. The van der Waals surface area contributed by atoms with Crippen LogP contribution in [0.5, 0.6) is 0 Å². The molecule has 0 bridgehead atoms. The molecule has 0 aliphatic rings. The predicted octanol–water partition coefficient (Wildman–Crippen LogP) is 2.23. The van der Waals surface area contributed by atoms with Gasteiger partial charge in [0.05, 0.1) is 11.4 Å². The van der Waals surface area contributed by atoms with E-state index < -0.39 is 0 Å². The van der Waals surface area contributed by atoms with Crippen molar-refractivity contribution in [2.24, 2.45) is 0 Å². The van der Waals surface area contributed by atoms with Crippen molar-refractivity contribution in [2.75, 3.05) is 12.3 Å². The van der Waals surface area contributed by atoms with Crippen molar-refractivity contribution in [3.8, 4) is 0 Å². The average molecular weight is 290 g/mol. The molecule has 5 nitrogen and oxygen atoms in total. The summed E-state index contributed by atoms with van der Waals surface area (Å²) < 4.78 is 12.8. The van der Waals surface area contributed by atoms with E-state index in [0.717, 1.165) is 11.3 Å². The van der Waals surface area contributed by atoms with Crippen LogP contribution in [-0.4, -0.2) is 22.6 Å². The minimum absolute atomic E-state index is 0.179. The van der Waals surface area contributed by atoms with Crippen LogP contribution in [0.15, 0.2) is 24.3 Å². The number of aromatic amines is 1. The van der Waals surface area contributed by atoms with Crippen LogP contribution in [0, 0.1) is 5.82 Å². The van der Waals surface area contributed by atoms with Crippen LogP contribution in [-0.2, 0) is 6.42 Å². The second kappa shape index (κ2) is 6.39. The molecule has 0 saturated carbocycles. The molecule has 0 unspecified atom stereocenters. The third-order valence-electron chi connectivity index (χ3n) is 3.24. The maximum Gasteiger partial charge on any atom is 0.273 e. The molecule has 4 N–H and O–H groups in total. The Bertz CT molecular complexity index is 619. The van der Waals surface area contributed by atoms with Crippen LogP contribution < -0.4 is 11.1 Å². The molecule has 2 rings (SSSR count). The summed E-state index contributed by atoms with van der Waals surface area (Å²) in [6, 6.07) is 6.19. The minimum Gasteiger partial charge on any atom is -0.395 e. The lowest BCUT2D eigenvalue weighted by Crippen LogP contribution is -2.26. The number of aromatic nitrogens is 2. The first-order chi connectivity index (χ1) is 9.99. The van der Waals surface area contributed by atoms with Crippen LogP contribution in [0.4, 0.5) is 10.1 Å². The molecule has 0 aliphatic carbocycles. The Kier molecular flexibility index (Phi) is 4.57. The third kappa shape index (κ3) is 3.59. The molecule has 1 aromatic carbocycles. The Labute approximate surface area is 122 Å². The number of nitrogens with one attached hydrogen (secondary N) is 2. The van der Waals surface area contributed by atoms with Crippen molar-refractivity contribution < 1.29 is 9.18 Å². The Morgan fingerprint density at radius 2 is 2.05 bits per heavy atom. The van der Waals surface area contributed by atoms with E-state index in [9.17, 15) is 9.18 Å². The topological polar surface area (TPSA) is 83.8 Å². The van der Waals surface area contributed by atoms with Crippen molar-refractivity contribution >= 4 is 11.6 Å². The van der Waals surface area contributed by atoms with Crippen LogP contribution in [0.25, 0.3) is 0 Å². The van der Waals surface area contributed by atoms with Crippen molar-refractivity contribution in [1.29, 1.82) is 0 Å². The molecule has 6 heteroatoms. The summed E-state index contributed by atoms with van der Waals surface area (Å²) in [5.41, 5.74) is 8.24. The van der Waals surface area contributed by atoms with Crippen molar-refractivity contribution in [1.82, 2.24) is 15.5 Å². The van der Waals surface area contributed by atoms with E-state index in [1.54, 1.807) is 12.1 Å². The zero-order chi connectivity index (χ0) is 15.4. The molecule has 0 fully saturated rings. The van der Waals surface area contributed by atoms with Gasteiger partial charge in [0.25, 0.3) is 5.91 Å². The number of nitrogen functional groups attached to an aromatic ring is 1. The quantitative estimate of drug-likeness (QED) is 0.789. The van der Waals surface area contributed by atoms with E-state index in [4.69, 9.17) is 5.73 Å².